The zero-order chi connectivity index (χ0) is 12.8. The lowest BCUT2D eigenvalue weighted by Crippen LogP contribution is -2.15. The van der Waals surface area contributed by atoms with Crippen molar-refractivity contribution in [2.75, 3.05) is 18.5 Å². The molecular weight excluding hydrogens is 238 g/mol. The summed E-state index contributed by atoms with van der Waals surface area (Å²) in [4.78, 5) is 11.2. The van der Waals surface area contributed by atoms with Gasteiger partial charge in [-0.2, -0.15) is 0 Å². The van der Waals surface area contributed by atoms with E-state index in [0.29, 0.717) is 5.69 Å². The quantitative estimate of drug-likeness (QED) is 0.802. The van der Waals surface area contributed by atoms with Crippen molar-refractivity contribution in [3.63, 3.8) is 0 Å². The SMILES string of the molecule is O=C(Nc1ccc(-n2cnnn2)cc1)OCCO. The summed E-state index contributed by atoms with van der Waals surface area (Å²) < 4.78 is 6.15. The summed E-state index contributed by atoms with van der Waals surface area (Å²) in [7, 11) is 0. The van der Waals surface area contributed by atoms with Crippen molar-refractivity contribution in [1.29, 1.82) is 0 Å². The summed E-state index contributed by atoms with van der Waals surface area (Å²) in [6.07, 6.45) is 0.858. The number of aliphatic hydroxyl groups excluding tert-OH is 1. The van der Waals surface area contributed by atoms with E-state index >= 15 is 0 Å². The highest BCUT2D eigenvalue weighted by molar-refractivity contribution is 5.84. The molecule has 2 N–H and O–H groups in total. The molecule has 94 valence electrons. The molecule has 0 saturated heterocycles. The number of nitrogens with one attached hydrogen (secondary N) is 1. The normalized spacial score (nSPS) is 10.1. The van der Waals surface area contributed by atoms with Gasteiger partial charge in [-0.1, -0.05) is 0 Å². The van der Waals surface area contributed by atoms with E-state index in [0.717, 1.165) is 5.69 Å². The number of aliphatic hydroxyl groups is 1. The molecule has 8 nitrogen and oxygen atoms in total. The maximum Gasteiger partial charge on any atom is 0.411 e. The second kappa shape index (κ2) is 5.73. The lowest BCUT2D eigenvalue weighted by Gasteiger charge is -2.06. The predicted molar refractivity (Wildman–Crippen MR) is 61.2 cm³/mol. The van der Waals surface area contributed by atoms with E-state index in [-0.39, 0.29) is 13.2 Å². The van der Waals surface area contributed by atoms with Gasteiger partial charge in [0.1, 0.15) is 12.9 Å². The summed E-state index contributed by atoms with van der Waals surface area (Å²) >= 11 is 0. The van der Waals surface area contributed by atoms with Crippen molar-refractivity contribution in [2.45, 2.75) is 0 Å². The number of tetrazole rings is 1. The number of rotatable bonds is 4. The number of amides is 1. The van der Waals surface area contributed by atoms with Gasteiger partial charge in [0.05, 0.1) is 12.3 Å². The number of hydrogen-bond donors (Lipinski definition) is 2. The van der Waals surface area contributed by atoms with Crippen molar-refractivity contribution >= 4 is 11.8 Å². The molecule has 0 aliphatic heterocycles. The molecule has 0 spiro atoms. The molecule has 1 heterocycles. The first-order valence-corrected chi connectivity index (χ1v) is 5.17. The maximum absolute atomic E-state index is 11.2. The molecule has 0 aliphatic carbocycles. The Balaban J connectivity index is 1.98. The number of ether oxygens (including phenoxy) is 1. The second-order valence-corrected chi connectivity index (χ2v) is 3.29. The Hall–Kier alpha value is -2.48. The monoisotopic (exact) mass is 249 g/mol. The van der Waals surface area contributed by atoms with Gasteiger partial charge in [-0.05, 0) is 34.7 Å². The van der Waals surface area contributed by atoms with Crippen LogP contribution in [0.1, 0.15) is 0 Å². The number of aromatic nitrogens is 4. The van der Waals surface area contributed by atoms with Gasteiger partial charge in [0.2, 0.25) is 0 Å². The van der Waals surface area contributed by atoms with Crippen molar-refractivity contribution in [2.24, 2.45) is 0 Å². The fraction of sp³-hybridized carbons (Fsp3) is 0.200. The third kappa shape index (κ3) is 3.01. The van der Waals surface area contributed by atoms with Crippen molar-refractivity contribution in [1.82, 2.24) is 20.2 Å². The number of carbonyl (C=O) groups is 1. The van der Waals surface area contributed by atoms with Gasteiger partial charge in [-0.3, -0.25) is 5.32 Å². The zero-order valence-corrected chi connectivity index (χ0v) is 9.35. The minimum absolute atomic E-state index is 0.0332. The highest BCUT2D eigenvalue weighted by Crippen LogP contribution is 2.12. The van der Waals surface area contributed by atoms with E-state index in [2.05, 4.69) is 25.6 Å². The van der Waals surface area contributed by atoms with Gasteiger partial charge >= 0.3 is 6.09 Å². The fourth-order valence-electron chi connectivity index (χ4n) is 1.27. The number of benzene rings is 1. The van der Waals surface area contributed by atoms with Crippen LogP contribution < -0.4 is 5.32 Å². The van der Waals surface area contributed by atoms with Crippen LogP contribution in [-0.4, -0.2) is 44.6 Å². The molecule has 0 aliphatic rings. The van der Waals surface area contributed by atoms with Crippen LogP contribution in [0.4, 0.5) is 10.5 Å². The van der Waals surface area contributed by atoms with Crippen LogP contribution in [0.3, 0.4) is 0 Å². The van der Waals surface area contributed by atoms with Gasteiger partial charge in [0.25, 0.3) is 0 Å². The Labute approximate surface area is 102 Å². The molecule has 1 aromatic carbocycles. The molecule has 0 fully saturated rings. The Bertz CT molecular complexity index is 497. The Morgan fingerprint density at radius 2 is 2.17 bits per heavy atom. The molecule has 0 radical (unpaired) electrons. The van der Waals surface area contributed by atoms with E-state index < -0.39 is 6.09 Å². The molecule has 0 bridgehead atoms. The van der Waals surface area contributed by atoms with Crippen LogP contribution in [-0.2, 0) is 4.74 Å². The van der Waals surface area contributed by atoms with Crippen LogP contribution in [0.15, 0.2) is 30.6 Å². The summed E-state index contributed by atoms with van der Waals surface area (Å²) in [6.45, 7) is -0.236. The van der Waals surface area contributed by atoms with Crippen LogP contribution in [0.2, 0.25) is 0 Å². The van der Waals surface area contributed by atoms with Gasteiger partial charge in [0, 0.05) is 5.69 Å². The van der Waals surface area contributed by atoms with E-state index in [1.807, 2.05) is 0 Å². The smallest absolute Gasteiger partial charge is 0.411 e. The summed E-state index contributed by atoms with van der Waals surface area (Å²) in [5.74, 6) is 0. The van der Waals surface area contributed by atoms with Crippen molar-refractivity contribution < 1.29 is 14.6 Å². The first-order chi connectivity index (χ1) is 8.79. The number of carbonyl (C=O) groups excluding carboxylic acids is 1. The predicted octanol–water partition coefficient (Wildman–Crippen LogP) is 0.203. The molecule has 2 aromatic rings. The average molecular weight is 249 g/mol. The van der Waals surface area contributed by atoms with Crippen LogP contribution in [0, 0.1) is 0 Å². The van der Waals surface area contributed by atoms with E-state index in [9.17, 15) is 4.79 Å². The van der Waals surface area contributed by atoms with Crippen LogP contribution >= 0.6 is 0 Å². The molecule has 18 heavy (non-hydrogen) atoms. The average Bonchev–Trinajstić information content (AvgIpc) is 2.91. The third-order valence-corrected chi connectivity index (χ3v) is 2.05. The number of nitrogens with zero attached hydrogens (tertiary/aromatic N) is 4. The van der Waals surface area contributed by atoms with Gasteiger partial charge in [-0.15, -0.1) is 5.10 Å². The first kappa shape index (κ1) is 12.0. The zero-order valence-electron chi connectivity index (χ0n) is 9.35. The Morgan fingerprint density at radius 3 is 2.78 bits per heavy atom. The number of anilines is 1. The topological polar surface area (TPSA) is 102 Å². The fourth-order valence-corrected chi connectivity index (χ4v) is 1.27. The van der Waals surface area contributed by atoms with Gasteiger partial charge < -0.3 is 9.84 Å². The van der Waals surface area contributed by atoms with Gasteiger partial charge in [0.15, 0.2) is 0 Å². The molecule has 0 unspecified atom stereocenters. The van der Waals surface area contributed by atoms with Crippen molar-refractivity contribution in [3.05, 3.63) is 30.6 Å². The van der Waals surface area contributed by atoms with Crippen LogP contribution in [0.5, 0.6) is 0 Å². The minimum Gasteiger partial charge on any atom is -0.447 e. The molecule has 2 rings (SSSR count). The Kier molecular flexibility index (Phi) is 3.82. The van der Waals surface area contributed by atoms with E-state index in [1.54, 1.807) is 24.3 Å². The highest BCUT2D eigenvalue weighted by Gasteiger charge is 2.03. The second-order valence-electron chi connectivity index (χ2n) is 3.29. The van der Waals surface area contributed by atoms with Gasteiger partial charge in [-0.25, -0.2) is 9.48 Å². The van der Waals surface area contributed by atoms with E-state index in [4.69, 9.17) is 5.11 Å². The minimum atomic E-state index is -0.612. The summed E-state index contributed by atoms with van der Waals surface area (Å²) in [6, 6.07) is 6.88. The molecule has 1 amide bonds. The lowest BCUT2D eigenvalue weighted by molar-refractivity contribution is 0.131. The largest absolute Gasteiger partial charge is 0.447 e. The molecule has 0 atom stereocenters. The highest BCUT2D eigenvalue weighted by atomic mass is 16.6. The Morgan fingerprint density at radius 1 is 1.39 bits per heavy atom. The molecule has 0 saturated carbocycles. The van der Waals surface area contributed by atoms with E-state index in [1.165, 1.54) is 11.0 Å². The molecule has 1 aromatic heterocycles. The number of hydrogen-bond acceptors (Lipinski definition) is 6. The lowest BCUT2D eigenvalue weighted by atomic mass is 10.3. The summed E-state index contributed by atoms with van der Waals surface area (Å²) in [5, 5.41) is 21.8. The molecule has 8 heteroatoms. The maximum atomic E-state index is 11.2. The van der Waals surface area contributed by atoms with Crippen molar-refractivity contribution in [3.8, 4) is 5.69 Å². The molecular formula is C10H11N5O3. The van der Waals surface area contributed by atoms with Crippen LogP contribution in [0.25, 0.3) is 5.69 Å². The third-order valence-electron chi connectivity index (χ3n) is 2.05. The first-order valence-electron chi connectivity index (χ1n) is 5.17. The standard InChI is InChI=1S/C10H11N5O3/c16-5-6-18-10(17)12-8-1-3-9(4-2-8)15-7-11-13-14-15/h1-4,7,16H,5-6H2,(H,12,17). The summed E-state index contributed by atoms with van der Waals surface area (Å²) in [5.41, 5.74) is 1.35.